The maximum Gasteiger partial charge on any atom is 0.163 e. The Balaban J connectivity index is 0.00000172. The maximum absolute atomic E-state index is 15.4. The number of fused-ring (bicyclic) bond motifs is 2. The zero-order valence-corrected chi connectivity index (χ0v) is 23.1. The second-order valence-electron chi connectivity index (χ2n) is 9.26. The molecule has 0 fully saturated rings. The first-order valence-electron chi connectivity index (χ1n) is 13.0. The van der Waals surface area contributed by atoms with Crippen LogP contribution in [0.2, 0.25) is 0 Å². The molecule has 39 heavy (non-hydrogen) atoms. The summed E-state index contributed by atoms with van der Waals surface area (Å²) in [6.45, 7) is 7.34. The zero-order chi connectivity index (χ0) is 27.9. The number of hydrogen-bond donors (Lipinski definition) is 2. The lowest BCUT2D eigenvalue weighted by atomic mass is 10.0. The molecular formula is C29H35FN8O. The summed E-state index contributed by atoms with van der Waals surface area (Å²) in [7, 11) is 3.98. The summed E-state index contributed by atoms with van der Waals surface area (Å²) < 4.78 is 22.9. The van der Waals surface area contributed by atoms with E-state index in [1.165, 1.54) is 11.9 Å². The number of nitrogens with two attached hydrogens (primary N) is 1. The molecule has 3 heterocycles. The van der Waals surface area contributed by atoms with Crippen molar-refractivity contribution in [1.82, 2.24) is 29.5 Å². The van der Waals surface area contributed by atoms with Gasteiger partial charge in [-0.3, -0.25) is 0 Å². The largest absolute Gasteiger partial charge is 0.491 e. The number of aryl methyl sites for hydroxylation is 1. The van der Waals surface area contributed by atoms with Crippen molar-refractivity contribution in [2.75, 3.05) is 38.3 Å². The van der Waals surface area contributed by atoms with Crippen molar-refractivity contribution in [2.45, 2.75) is 33.6 Å². The highest BCUT2D eigenvalue weighted by Gasteiger charge is 2.17. The second kappa shape index (κ2) is 12.5. The van der Waals surface area contributed by atoms with Gasteiger partial charge in [0.1, 0.15) is 29.9 Å². The van der Waals surface area contributed by atoms with Crippen molar-refractivity contribution < 1.29 is 9.13 Å². The van der Waals surface area contributed by atoms with Gasteiger partial charge in [-0.15, -0.1) is 0 Å². The standard InChI is InChI=1S/C27H29FN8O.C2H6/c1-17-11-20(6-5-19(17)12-18-7-9-36-23(13-18)31-16-33-36)34-27-24-21(30-15-32-27)14-22(26(29)25(24)28)37-10-4-8-35(2)3;1-2/h5-7,9,11,13-16H,4,8,10,12,29H2,1-3H3,(H,30,32,34);1-2H3. The first-order valence-corrected chi connectivity index (χ1v) is 13.0. The minimum atomic E-state index is -0.597. The molecule has 0 radical (unpaired) electrons. The number of hydrogen-bond acceptors (Lipinski definition) is 8. The number of nitrogen functional groups attached to an aromatic ring is 1. The Kier molecular flexibility index (Phi) is 8.88. The van der Waals surface area contributed by atoms with E-state index in [1.807, 2.05) is 65.3 Å². The summed E-state index contributed by atoms with van der Waals surface area (Å²) >= 11 is 0. The van der Waals surface area contributed by atoms with Crippen LogP contribution in [0.25, 0.3) is 16.6 Å². The summed E-state index contributed by atoms with van der Waals surface area (Å²) in [4.78, 5) is 14.9. The fourth-order valence-electron chi connectivity index (χ4n) is 4.24. The molecule has 0 spiro atoms. The zero-order valence-electron chi connectivity index (χ0n) is 23.1. The first-order chi connectivity index (χ1) is 18.9. The van der Waals surface area contributed by atoms with Crippen LogP contribution in [0.5, 0.6) is 5.75 Å². The average Bonchev–Trinajstić information content (AvgIpc) is 3.40. The Morgan fingerprint density at radius 1 is 1.05 bits per heavy atom. The lowest BCUT2D eigenvalue weighted by Crippen LogP contribution is -2.16. The molecular weight excluding hydrogens is 495 g/mol. The van der Waals surface area contributed by atoms with Crippen molar-refractivity contribution in [3.8, 4) is 5.75 Å². The van der Waals surface area contributed by atoms with Gasteiger partial charge in [-0.1, -0.05) is 19.9 Å². The number of pyridine rings is 1. The van der Waals surface area contributed by atoms with E-state index in [9.17, 15) is 0 Å². The van der Waals surface area contributed by atoms with Gasteiger partial charge in [0.05, 0.1) is 17.5 Å². The molecule has 2 aromatic carbocycles. The molecule has 0 saturated heterocycles. The monoisotopic (exact) mass is 530 g/mol. The van der Waals surface area contributed by atoms with Gasteiger partial charge in [-0.2, -0.15) is 5.10 Å². The summed E-state index contributed by atoms with van der Waals surface area (Å²) in [6, 6.07) is 11.8. The van der Waals surface area contributed by atoms with Gasteiger partial charge in [0, 0.05) is 24.5 Å². The highest BCUT2D eigenvalue weighted by Crippen LogP contribution is 2.35. The number of ether oxygens (including phenoxy) is 1. The first kappa shape index (κ1) is 27.7. The number of anilines is 3. The maximum atomic E-state index is 15.4. The lowest BCUT2D eigenvalue weighted by Gasteiger charge is -2.15. The molecule has 5 aromatic rings. The molecule has 0 saturated carbocycles. The minimum Gasteiger partial charge on any atom is -0.491 e. The molecule has 0 aliphatic heterocycles. The molecule has 0 aliphatic rings. The van der Waals surface area contributed by atoms with Crippen LogP contribution in [0.1, 0.15) is 37.0 Å². The Hall–Kier alpha value is -4.31. The summed E-state index contributed by atoms with van der Waals surface area (Å²) in [6.07, 6.45) is 6.40. The Morgan fingerprint density at radius 3 is 2.64 bits per heavy atom. The van der Waals surface area contributed by atoms with Crippen LogP contribution < -0.4 is 15.8 Å². The molecule has 0 aliphatic carbocycles. The van der Waals surface area contributed by atoms with Crippen LogP contribution in [0.4, 0.5) is 21.6 Å². The molecule has 0 unspecified atom stereocenters. The highest BCUT2D eigenvalue weighted by atomic mass is 19.1. The molecule has 3 aromatic heterocycles. The highest BCUT2D eigenvalue weighted by molar-refractivity contribution is 5.95. The van der Waals surface area contributed by atoms with Crippen molar-refractivity contribution >= 4 is 33.7 Å². The Morgan fingerprint density at radius 2 is 1.87 bits per heavy atom. The van der Waals surface area contributed by atoms with E-state index in [4.69, 9.17) is 10.5 Å². The molecule has 10 heteroatoms. The molecule has 3 N–H and O–H groups in total. The van der Waals surface area contributed by atoms with E-state index < -0.39 is 5.82 Å². The minimum absolute atomic E-state index is 0.0497. The number of halogens is 1. The van der Waals surface area contributed by atoms with Crippen LogP contribution in [0.15, 0.2) is 55.2 Å². The van der Waals surface area contributed by atoms with Crippen molar-refractivity contribution in [1.29, 1.82) is 0 Å². The molecule has 0 amide bonds. The fraction of sp³-hybridized carbons (Fsp3) is 0.310. The second-order valence-corrected chi connectivity index (χ2v) is 9.26. The lowest BCUT2D eigenvalue weighted by molar-refractivity contribution is 0.282. The van der Waals surface area contributed by atoms with E-state index in [0.717, 1.165) is 41.8 Å². The third-order valence-electron chi connectivity index (χ3n) is 6.22. The summed E-state index contributed by atoms with van der Waals surface area (Å²) in [5.74, 6) is 0.0381. The smallest absolute Gasteiger partial charge is 0.163 e. The SMILES string of the molecule is CC.Cc1cc(Nc2ncnc3cc(OCCCN(C)C)c(N)c(F)c23)ccc1Cc1ccn2ncnc2c1. The average molecular weight is 531 g/mol. The van der Waals surface area contributed by atoms with E-state index in [0.29, 0.717) is 17.9 Å². The Labute approximate surface area is 227 Å². The molecule has 5 rings (SSSR count). The summed E-state index contributed by atoms with van der Waals surface area (Å²) in [5.41, 5.74) is 11.5. The fourth-order valence-corrected chi connectivity index (χ4v) is 4.24. The molecule has 0 atom stereocenters. The molecule has 204 valence electrons. The van der Waals surface area contributed by atoms with Gasteiger partial charge in [0.25, 0.3) is 0 Å². The van der Waals surface area contributed by atoms with Gasteiger partial charge < -0.3 is 20.7 Å². The Bertz CT molecular complexity index is 1570. The van der Waals surface area contributed by atoms with Crippen LogP contribution >= 0.6 is 0 Å². The number of nitrogens with one attached hydrogen (secondary N) is 1. The predicted octanol–water partition coefficient (Wildman–Crippen LogP) is 5.39. The number of aromatic nitrogens is 5. The third kappa shape index (κ3) is 6.40. The van der Waals surface area contributed by atoms with Crippen LogP contribution in [-0.4, -0.2) is 56.7 Å². The van der Waals surface area contributed by atoms with Gasteiger partial charge in [-0.25, -0.2) is 23.9 Å². The summed E-state index contributed by atoms with van der Waals surface area (Å²) in [5, 5.41) is 7.60. The number of rotatable bonds is 9. The van der Waals surface area contributed by atoms with E-state index in [1.54, 1.807) is 16.9 Å². The third-order valence-corrected chi connectivity index (χ3v) is 6.22. The van der Waals surface area contributed by atoms with Crippen molar-refractivity contribution in [3.63, 3.8) is 0 Å². The van der Waals surface area contributed by atoms with E-state index >= 15 is 4.39 Å². The van der Waals surface area contributed by atoms with Gasteiger partial charge in [0.15, 0.2) is 11.5 Å². The molecule has 9 nitrogen and oxygen atoms in total. The van der Waals surface area contributed by atoms with Gasteiger partial charge in [-0.05, 0) is 74.8 Å². The molecule has 0 bridgehead atoms. The van der Waals surface area contributed by atoms with Crippen molar-refractivity contribution in [3.05, 3.63) is 77.8 Å². The van der Waals surface area contributed by atoms with Crippen LogP contribution in [0.3, 0.4) is 0 Å². The number of benzene rings is 2. The number of nitrogens with zero attached hydrogens (tertiary/aromatic N) is 6. The van der Waals surface area contributed by atoms with Crippen LogP contribution in [-0.2, 0) is 6.42 Å². The predicted molar refractivity (Wildman–Crippen MR) is 154 cm³/mol. The van der Waals surface area contributed by atoms with Crippen molar-refractivity contribution in [2.24, 2.45) is 0 Å². The van der Waals surface area contributed by atoms with Gasteiger partial charge in [0.2, 0.25) is 0 Å². The van der Waals surface area contributed by atoms with Gasteiger partial charge >= 0.3 is 0 Å². The normalized spacial score (nSPS) is 11.1. The van der Waals surface area contributed by atoms with E-state index in [2.05, 4.69) is 36.3 Å². The topological polar surface area (TPSA) is 106 Å². The quantitative estimate of drug-likeness (QED) is 0.193. The van der Waals surface area contributed by atoms with Crippen LogP contribution in [0, 0.1) is 12.7 Å². The van der Waals surface area contributed by atoms with E-state index in [-0.39, 0.29) is 16.8 Å².